The highest BCUT2D eigenvalue weighted by atomic mass is 79.9. The number of hydrogen-bond acceptors (Lipinski definition) is 1. The first kappa shape index (κ1) is 13.3. The van der Waals surface area contributed by atoms with Crippen molar-refractivity contribution < 1.29 is 0 Å². The molecular formula is C16H18BrN. The van der Waals surface area contributed by atoms with Crippen molar-refractivity contribution in [1.82, 2.24) is 5.32 Å². The molecule has 94 valence electrons. The van der Waals surface area contributed by atoms with E-state index in [0.29, 0.717) is 6.04 Å². The minimum absolute atomic E-state index is 0.351. The maximum atomic E-state index is 3.53. The van der Waals surface area contributed by atoms with Gasteiger partial charge in [-0.05, 0) is 43.7 Å². The van der Waals surface area contributed by atoms with Crippen LogP contribution in [0.5, 0.6) is 0 Å². The molecule has 0 fully saturated rings. The smallest absolute Gasteiger partial charge is 0.0358 e. The van der Waals surface area contributed by atoms with Gasteiger partial charge in [0.25, 0.3) is 0 Å². The first-order valence-electron chi connectivity index (χ1n) is 6.17. The Bertz CT molecular complexity index is 522. The van der Waals surface area contributed by atoms with Crippen molar-refractivity contribution in [2.24, 2.45) is 0 Å². The van der Waals surface area contributed by atoms with E-state index in [1.165, 1.54) is 16.7 Å². The molecule has 0 aromatic heterocycles. The van der Waals surface area contributed by atoms with Crippen LogP contribution in [0.4, 0.5) is 0 Å². The molecule has 2 aromatic carbocycles. The van der Waals surface area contributed by atoms with Crippen LogP contribution in [0.1, 0.15) is 22.7 Å². The summed E-state index contributed by atoms with van der Waals surface area (Å²) in [6, 6.07) is 17.5. The summed E-state index contributed by atoms with van der Waals surface area (Å²) in [6.07, 6.45) is 1.01. The SMILES string of the molecule is CNC(Cc1cccc(C)c1)c1cccc(Br)c1. The van der Waals surface area contributed by atoms with Gasteiger partial charge in [0.05, 0.1) is 0 Å². The molecule has 0 aliphatic carbocycles. The zero-order valence-electron chi connectivity index (χ0n) is 10.8. The quantitative estimate of drug-likeness (QED) is 0.890. The molecule has 1 nitrogen and oxygen atoms in total. The van der Waals surface area contributed by atoms with Crippen LogP contribution in [-0.2, 0) is 6.42 Å². The zero-order valence-corrected chi connectivity index (χ0v) is 12.4. The Morgan fingerprint density at radius 3 is 2.56 bits per heavy atom. The lowest BCUT2D eigenvalue weighted by molar-refractivity contribution is 0.591. The first-order valence-corrected chi connectivity index (χ1v) is 6.96. The second kappa shape index (κ2) is 6.17. The van der Waals surface area contributed by atoms with Crippen LogP contribution in [0.2, 0.25) is 0 Å². The largest absolute Gasteiger partial charge is 0.313 e. The Hall–Kier alpha value is -1.12. The molecule has 0 saturated heterocycles. The van der Waals surface area contributed by atoms with Crippen molar-refractivity contribution in [3.05, 3.63) is 69.7 Å². The van der Waals surface area contributed by atoms with E-state index in [2.05, 4.69) is 76.7 Å². The van der Waals surface area contributed by atoms with Gasteiger partial charge in [-0.1, -0.05) is 57.9 Å². The average molecular weight is 304 g/mol. The van der Waals surface area contributed by atoms with Gasteiger partial charge in [-0.25, -0.2) is 0 Å². The monoisotopic (exact) mass is 303 g/mol. The van der Waals surface area contributed by atoms with E-state index in [4.69, 9.17) is 0 Å². The van der Waals surface area contributed by atoms with E-state index < -0.39 is 0 Å². The lowest BCUT2D eigenvalue weighted by Crippen LogP contribution is -2.18. The zero-order chi connectivity index (χ0) is 13.0. The standard InChI is InChI=1S/C16H18BrN/c1-12-5-3-6-13(9-12)10-16(18-2)14-7-4-8-15(17)11-14/h3-9,11,16,18H,10H2,1-2H3. The lowest BCUT2D eigenvalue weighted by Gasteiger charge is -2.17. The maximum absolute atomic E-state index is 3.53. The van der Waals surface area contributed by atoms with Gasteiger partial charge in [0.1, 0.15) is 0 Å². The van der Waals surface area contributed by atoms with Gasteiger partial charge >= 0.3 is 0 Å². The minimum Gasteiger partial charge on any atom is -0.313 e. The molecule has 2 aromatic rings. The Labute approximate surface area is 117 Å². The van der Waals surface area contributed by atoms with Crippen molar-refractivity contribution in [3.8, 4) is 0 Å². The van der Waals surface area contributed by atoms with Crippen molar-refractivity contribution in [1.29, 1.82) is 0 Å². The molecule has 2 rings (SSSR count). The van der Waals surface area contributed by atoms with Crippen molar-refractivity contribution in [2.75, 3.05) is 7.05 Å². The van der Waals surface area contributed by atoms with E-state index >= 15 is 0 Å². The number of nitrogens with one attached hydrogen (secondary N) is 1. The number of likely N-dealkylation sites (N-methyl/N-ethyl adjacent to an activating group) is 1. The molecule has 0 heterocycles. The molecule has 1 atom stereocenters. The van der Waals surface area contributed by atoms with E-state index in [9.17, 15) is 0 Å². The molecule has 0 radical (unpaired) electrons. The topological polar surface area (TPSA) is 12.0 Å². The van der Waals surface area contributed by atoms with Crippen LogP contribution >= 0.6 is 15.9 Å². The first-order chi connectivity index (χ1) is 8.69. The summed E-state index contributed by atoms with van der Waals surface area (Å²) in [7, 11) is 2.02. The van der Waals surface area contributed by atoms with Gasteiger partial charge in [0.15, 0.2) is 0 Å². The number of halogens is 1. The second-order valence-electron chi connectivity index (χ2n) is 4.59. The summed E-state index contributed by atoms with van der Waals surface area (Å²) in [6.45, 7) is 2.14. The van der Waals surface area contributed by atoms with Gasteiger partial charge in [0.2, 0.25) is 0 Å². The van der Waals surface area contributed by atoms with Gasteiger partial charge in [-0.3, -0.25) is 0 Å². The van der Waals surface area contributed by atoms with E-state index in [1.54, 1.807) is 0 Å². The van der Waals surface area contributed by atoms with Crippen molar-refractivity contribution in [2.45, 2.75) is 19.4 Å². The van der Waals surface area contributed by atoms with Crippen LogP contribution in [0.3, 0.4) is 0 Å². The average Bonchev–Trinajstić information content (AvgIpc) is 2.36. The highest BCUT2D eigenvalue weighted by Gasteiger charge is 2.10. The van der Waals surface area contributed by atoms with E-state index in [-0.39, 0.29) is 0 Å². The Balaban J connectivity index is 2.19. The minimum atomic E-state index is 0.351. The Morgan fingerprint density at radius 2 is 1.89 bits per heavy atom. The number of hydrogen-bond donors (Lipinski definition) is 1. The van der Waals surface area contributed by atoms with Crippen LogP contribution < -0.4 is 5.32 Å². The van der Waals surface area contributed by atoms with Gasteiger partial charge < -0.3 is 5.32 Å². The van der Waals surface area contributed by atoms with Gasteiger partial charge in [-0.15, -0.1) is 0 Å². The predicted molar refractivity (Wildman–Crippen MR) is 80.8 cm³/mol. The van der Waals surface area contributed by atoms with E-state index in [0.717, 1.165) is 10.9 Å². The lowest BCUT2D eigenvalue weighted by atomic mass is 9.98. The normalized spacial score (nSPS) is 12.4. The summed E-state index contributed by atoms with van der Waals surface area (Å²) in [4.78, 5) is 0. The summed E-state index contributed by atoms with van der Waals surface area (Å²) < 4.78 is 1.13. The third-order valence-corrected chi connectivity index (χ3v) is 3.62. The van der Waals surface area contributed by atoms with Crippen LogP contribution in [0.15, 0.2) is 53.0 Å². The van der Waals surface area contributed by atoms with Crippen LogP contribution in [-0.4, -0.2) is 7.05 Å². The molecule has 0 spiro atoms. The molecule has 0 saturated carbocycles. The molecule has 2 heteroatoms. The summed E-state index contributed by atoms with van der Waals surface area (Å²) in [5.41, 5.74) is 4.00. The maximum Gasteiger partial charge on any atom is 0.0358 e. The molecule has 1 N–H and O–H groups in total. The fourth-order valence-electron chi connectivity index (χ4n) is 2.18. The molecule has 0 amide bonds. The summed E-state index contributed by atoms with van der Waals surface area (Å²) >= 11 is 3.53. The molecule has 0 aliphatic rings. The molecule has 0 bridgehead atoms. The second-order valence-corrected chi connectivity index (χ2v) is 5.51. The van der Waals surface area contributed by atoms with Crippen molar-refractivity contribution in [3.63, 3.8) is 0 Å². The highest BCUT2D eigenvalue weighted by Crippen LogP contribution is 2.21. The van der Waals surface area contributed by atoms with Gasteiger partial charge in [-0.2, -0.15) is 0 Å². The van der Waals surface area contributed by atoms with Crippen LogP contribution in [0.25, 0.3) is 0 Å². The van der Waals surface area contributed by atoms with Crippen molar-refractivity contribution >= 4 is 15.9 Å². The molecule has 1 unspecified atom stereocenters. The number of benzene rings is 2. The fraction of sp³-hybridized carbons (Fsp3) is 0.250. The molecule has 0 aliphatic heterocycles. The van der Waals surface area contributed by atoms with Gasteiger partial charge in [0, 0.05) is 10.5 Å². The van der Waals surface area contributed by atoms with Crippen LogP contribution in [0, 0.1) is 6.92 Å². The Kier molecular flexibility index (Phi) is 4.56. The fourth-order valence-corrected chi connectivity index (χ4v) is 2.60. The third-order valence-electron chi connectivity index (χ3n) is 3.12. The number of aryl methyl sites for hydroxylation is 1. The summed E-state index contributed by atoms with van der Waals surface area (Å²) in [5, 5.41) is 3.39. The molecule has 18 heavy (non-hydrogen) atoms. The Morgan fingerprint density at radius 1 is 1.11 bits per heavy atom. The highest BCUT2D eigenvalue weighted by molar-refractivity contribution is 9.10. The third kappa shape index (κ3) is 3.44. The molecular weight excluding hydrogens is 286 g/mol. The number of rotatable bonds is 4. The predicted octanol–water partition coefficient (Wildman–Crippen LogP) is 4.26. The van der Waals surface area contributed by atoms with E-state index in [1.807, 2.05) is 7.05 Å². The summed E-state index contributed by atoms with van der Waals surface area (Å²) in [5.74, 6) is 0.